The second-order valence-electron chi connectivity index (χ2n) is 3.75. The molecule has 1 amide bonds. The number of carbonyl (C=O) groups excluding carboxylic acids is 1. The third-order valence-electron chi connectivity index (χ3n) is 2.45. The first-order valence-corrected chi connectivity index (χ1v) is 5.57. The highest BCUT2D eigenvalue weighted by atomic mass is 16.6. The van der Waals surface area contributed by atoms with E-state index >= 15 is 0 Å². The largest absolute Gasteiger partial charge is 0.479 e. The van der Waals surface area contributed by atoms with Gasteiger partial charge in [0.2, 0.25) is 0 Å². The number of hydrazine groups is 1. The summed E-state index contributed by atoms with van der Waals surface area (Å²) in [6.45, 7) is -0.0390. The molecule has 0 saturated carbocycles. The zero-order chi connectivity index (χ0) is 14.5. The monoisotopic (exact) mass is 277 g/mol. The van der Waals surface area contributed by atoms with Gasteiger partial charge in [0.15, 0.2) is 11.5 Å². The van der Waals surface area contributed by atoms with Gasteiger partial charge in [-0.3, -0.25) is 20.3 Å². The molecule has 2 aromatic rings. The van der Waals surface area contributed by atoms with Crippen molar-refractivity contribution in [1.82, 2.24) is 5.43 Å². The van der Waals surface area contributed by atoms with Gasteiger partial charge in [-0.2, -0.15) is 0 Å². The first-order valence-electron chi connectivity index (χ1n) is 5.57. The fraction of sp³-hybridized carbons (Fsp3) is 0.0833. The summed E-state index contributed by atoms with van der Waals surface area (Å²) in [5, 5.41) is 10.8. The van der Waals surface area contributed by atoms with Gasteiger partial charge < -0.3 is 9.15 Å². The molecule has 8 heteroatoms. The molecule has 0 fully saturated rings. The molecule has 2 rings (SSSR count). The van der Waals surface area contributed by atoms with Gasteiger partial charge in [0, 0.05) is 6.07 Å². The average Bonchev–Trinajstić information content (AvgIpc) is 2.93. The summed E-state index contributed by atoms with van der Waals surface area (Å²) in [4.78, 5) is 21.4. The lowest BCUT2D eigenvalue weighted by atomic mass is 10.3. The van der Waals surface area contributed by atoms with Crippen molar-refractivity contribution in [1.29, 1.82) is 0 Å². The van der Waals surface area contributed by atoms with Crippen molar-refractivity contribution in [2.24, 2.45) is 5.84 Å². The molecule has 1 aromatic heterocycles. The third kappa shape index (κ3) is 2.93. The molecular weight excluding hydrogens is 266 g/mol. The van der Waals surface area contributed by atoms with Crippen LogP contribution in [0.3, 0.4) is 0 Å². The van der Waals surface area contributed by atoms with Crippen molar-refractivity contribution >= 4 is 11.6 Å². The van der Waals surface area contributed by atoms with E-state index < -0.39 is 10.8 Å². The van der Waals surface area contributed by atoms with Crippen LogP contribution in [0.4, 0.5) is 5.69 Å². The maximum absolute atomic E-state index is 11.2. The lowest BCUT2D eigenvalue weighted by Crippen LogP contribution is -2.29. The highest BCUT2D eigenvalue weighted by molar-refractivity contribution is 5.90. The second kappa shape index (κ2) is 5.85. The predicted molar refractivity (Wildman–Crippen MR) is 67.8 cm³/mol. The van der Waals surface area contributed by atoms with Crippen LogP contribution in [0, 0.1) is 10.1 Å². The van der Waals surface area contributed by atoms with Crippen molar-refractivity contribution in [3.05, 3.63) is 58.0 Å². The molecule has 1 aromatic carbocycles. The topological polar surface area (TPSA) is 121 Å². The lowest BCUT2D eigenvalue weighted by Gasteiger charge is -2.04. The number of para-hydroxylation sites is 2. The van der Waals surface area contributed by atoms with Crippen molar-refractivity contribution in [3.8, 4) is 5.75 Å². The highest BCUT2D eigenvalue weighted by Crippen LogP contribution is 2.26. The van der Waals surface area contributed by atoms with Crippen LogP contribution in [-0.4, -0.2) is 10.8 Å². The minimum Gasteiger partial charge on any atom is -0.479 e. The van der Waals surface area contributed by atoms with Crippen LogP contribution in [-0.2, 0) is 6.61 Å². The Hall–Kier alpha value is -2.87. The summed E-state index contributed by atoms with van der Waals surface area (Å²) in [5.41, 5.74) is 1.79. The zero-order valence-corrected chi connectivity index (χ0v) is 10.2. The van der Waals surface area contributed by atoms with Gasteiger partial charge >= 0.3 is 11.6 Å². The van der Waals surface area contributed by atoms with Gasteiger partial charge in [-0.15, -0.1) is 0 Å². The molecule has 3 N–H and O–H groups in total. The lowest BCUT2D eigenvalue weighted by molar-refractivity contribution is -0.386. The van der Waals surface area contributed by atoms with Gasteiger partial charge in [0.1, 0.15) is 12.4 Å². The Morgan fingerprint density at radius 2 is 2.10 bits per heavy atom. The molecule has 0 radical (unpaired) electrons. The molecule has 0 unspecified atom stereocenters. The van der Waals surface area contributed by atoms with Crippen molar-refractivity contribution < 1.29 is 18.9 Å². The number of hydrogen-bond acceptors (Lipinski definition) is 6. The molecule has 20 heavy (non-hydrogen) atoms. The van der Waals surface area contributed by atoms with Crippen molar-refractivity contribution in [2.75, 3.05) is 0 Å². The summed E-state index contributed by atoms with van der Waals surface area (Å²) < 4.78 is 10.5. The summed E-state index contributed by atoms with van der Waals surface area (Å²) in [6.07, 6.45) is 0. The number of rotatable bonds is 5. The van der Waals surface area contributed by atoms with Crippen LogP contribution in [0.1, 0.15) is 16.3 Å². The number of ether oxygens (including phenoxy) is 1. The van der Waals surface area contributed by atoms with E-state index in [-0.39, 0.29) is 23.8 Å². The SMILES string of the molecule is NNC(=O)c1ccc(COc2ccccc2[N+](=O)[O-])o1. The number of furan rings is 1. The maximum atomic E-state index is 11.2. The van der Waals surface area contributed by atoms with Crippen LogP contribution in [0.2, 0.25) is 0 Å². The number of hydrogen-bond donors (Lipinski definition) is 2. The number of carbonyl (C=O) groups is 1. The standard InChI is InChI=1S/C12H11N3O5/c13-14-12(16)11-6-5-8(20-11)7-19-10-4-2-1-3-9(10)15(17)18/h1-6H,7,13H2,(H,14,16). The Bertz CT molecular complexity index is 638. The minimum absolute atomic E-state index is 0.0358. The van der Waals surface area contributed by atoms with Crippen LogP contribution >= 0.6 is 0 Å². The number of nitro benzene ring substituents is 1. The normalized spacial score (nSPS) is 10.1. The Morgan fingerprint density at radius 1 is 1.35 bits per heavy atom. The van der Waals surface area contributed by atoms with E-state index in [1.165, 1.54) is 24.3 Å². The van der Waals surface area contributed by atoms with Gasteiger partial charge in [0.05, 0.1) is 4.92 Å². The Balaban J connectivity index is 2.07. The molecule has 0 aliphatic carbocycles. The van der Waals surface area contributed by atoms with E-state index in [0.29, 0.717) is 5.76 Å². The van der Waals surface area contributed by atoms with E-state index in [2.05, 4.69) is 0 Å². The molecule has 0 spiro atoms. The number of nitrogens with one attached hydrogen (secondary N) is 1. The first kappa shape index (κ1) is 13.6. The van der Waals surface area contributed by atoms with Crippen LogP contribution in [0.15, 0.2) is 40.8 Å². The summed E-state index contributed by atoms with van der Waals surface area (Å²) >= 11 is 0. The number of benzene rings is 1. The van der Waals surface area contributed by atoms with E-state index in [9.17, 15) is 14.9 Å². The maximum Gasteiger partial charge on any atom is 0.310 e. The Kier molecular flexibility index (Phi) is 3.96. The number of nitro groups is 1. The number of amides is 1. The van der Waals surface area contributed by atoms with Crippen LogP contribution < -0.4 is 16.0 Å². The summed E-state index contributed by atoms with van der Waals surface area (Å²) in [7, 11) is 0. The van der Waals surface area contributed by atoms with Gasteiger partial charge in [0.25, 0.3) is 0 Å². The van der Waals surface area contributed by atoms with E-state index in [0.717, 1.165) is 0 Å². The van der Waals surface area contributed by atoms with Crippen LogP contribution in [0.25, 0.3) is 0 Å². The minimum atomic E-state index is -0.568. The van der Waals surface area contributed by atoms with Crippen LogP contribution in [0.5, 0.6) is 5.75 Å². The van der Waals surface area contributed by atoms with Gasteiger partial charge in [-0.25, -0.2) is 5.84 Å². The second-order valence-corrected chi connectivity index (χ2v) is 3.75. The van der Waals surface area contributed by atoms with E-state index in [1.54, 1.807) is 12.1 Å². The molecule has 1 heterocycles. The Labute approximate surface area is 113 Å². The quantitative estimate of drug-likeness (QED) is 0.368. The predicted octanol–water partition coefficient (Wildman–Crippen LogP) is 1.37. The number of nitrogens with zero attached hydrogens (tertiary/aromatic N) is 1. The molecule has 0 aliphatic rings. The Morgan fingerprint density at radius 3 is 2.80 bits per heavy atom. The highest BCUT2D eigenvalue weighted by Gasteiger charge is 2.15. The number of nitrogen functional groups attached to an aromatic ring is 1. The molecule has 0 bridgehead atoms. The van der Waals surface area contributed by atoms with Gasteiger partial charge in [-0.1, -0.05) is 12.1 Å². The molecule has 8 nitrogen and oxygen atoms in total. The van der Waals surface area contributed by atoms with E-state index in [1.807, 2.05) is 5.43 Å². The van der Waals surface area contributed by atoms with Crippen molar-refractivity contribution in [3.63, 3.8) is 0 Å². The number of nitrogens with two attached hydrogens (primary N) is 1. The van der Waals surface area contributed by atoms with E-state index in [4.69, 9.17) is 15.0 Å². The van der Waals surface area contributed by atoms with Crippen molar-refractivity contribution in [2.45, 2.75) is 6.61 Å². The summed E-state index contributed by atoms with van der Waals surface area (Å²) in [6, 6.07) is 8.94. The fourth-order valence-electron chi connectivity index (χ4n) is 1.53. The molecular formula is C12H11N3O5. The fourth-order valence-corrected chi connectivity index (χ4v) is 1.53. The molecule has 104 valence electrons. The zero-order valence-electron chi connectivity index (χ0n) is 10.2. The van der Waals surface area contributed by atoms with Gasteiger partial charge in [-0.05, 0) is 18.2 Å². The first-order chi connectivity index (χ1) is 9.61. The molecule has 0 atom stereocenters. The summed E-state index contributed by atoms with van der Waals surface area (Å²) in [5.74, 6) is 4.91. The third-order valence-corrected chi connectivity index (χ3v) is 2.45. The average molecular weight is 277 g/mol. The smallest absolute Gasteiger partial charge is 0.310 e. The molecule has 0 aliphatic heterocycles. The molecule has 0 saturated heterocycles.